The molecule has 0 aromatic heterocycles. The third-order valence-corrected chi connectivity index (χ3v) is 1.10. The van der Waals surface area contributed by atoms with E-state index in [4.69, 9.17) is 0 Å². The molecule has 3 heteroatoms. The molecule has 11 heavy (non-hydrogen) atoms. The summed E-state index contributed by atoms with van der Waals surface area (Å²) >= 11 is 0. The minimum atomic E-state index is -0.306. The molecular formula is C8H7FNO. The van der Waals surface area contributed by atoms with Crippen LogP contribution < -0.4 is 0 Å². The first-order valence-corrected chi connectivity index (χ1v) is 3.06. The summed E-state index contributed by atoms with van der Waals surface area (Å²) in [4.78, 5) is 4.43. The zero-order chi connectivity index (χ0) is 8.10. The standard InChI is InChI=1S/C8H7FNO/c1-11-10-6-7-2-4-8(9)5-3-7/h2,4-6H,1H3/b10-6+. The summed E-state index contributed by atoms with van der Waals surface area (Å²) in [5.41, 5.74) is 0.688. The van der Waals surface area contributed by atoms with Crippen molar-refractivity contribution in [2.24, 2.45) is 5.16 Å². The van der Waals surface area contributed by atoms with Gasteiger partial charge >= 0.3 is 0 Å². The van der Waals surface area contributed by atoms with Gasteiger partial charge in [-0.1, -0.05) is 5.16 Å². The van der Waals surface area contributed by atoms with E-state index < -0.39 is 0 Å². The van der Waals surface area contributed by atoms with E-state index in [2.05, 4.69) is 16.1 Å². The third-order valence-electron chi connectivity index (χ3n) is 1.10. The van der Waals surface area contributed by atoms with Gasteiger partial charge in [-0.05, 0) is 24.3 Å². The van der Waals surface area contributed by atoms with Gasteiger partial charge < -0.3 is 4.84 Å². The maximum Gasteiger partial charge on any atom is 0.123 e. The fourth-order valence-corrected chi connectivity index (χ4v) is 0.608. The lowest BCUT2D eigenvalue weighted by Crippen LogP contribution is -1.82. The van der Waals surface area contributed by atoms with Crippen molar-refractivity contribution in [1.82, 2.24) is 0 Å². The molecule has 0 aliphatic carbocycles. The van der Waals surface area contributed by atoms with E-state index in [-0.39, 0.29) is 5.82 Å². The Balaban J connectivity index is 2.73. The molecule has 0 N–H and O–H groups in total. The van der Waals surface area contributed by atoms with Crippen molar-refractivity contribution in [3.05, 3.63) is 35.6 Å². The van der Waals surface area contributed by atoms with Crippen molar-refractivity contribution in [3.63, 3.8) is 0 Å². The fourth-order valence-electron chi connectivity index (χ4n) is 0.608. The van der Waals surface area contributed by atoms with Gasteiger partial charge in [-0.15, -0.1) is 0 Å². The van der Waals surface area contributed by atoms with Gasteiger partial charge in [0.25, 0.3) is 0 Å². The Bertz CT molecular complexity index is 243. The van der Waals surface area contributed by atoms with Crippen molar-refractivity contribution in [1.29, 1.82) is 0 Å². The van der Waals surface area contributed by atoms with Crippen LogP contribution in [0.5, 0.6) is 0 Å². The summed E-state index contributed by atoms with van der Waals surface area (Å²) in [6, 6.07) is 6.82. The number of oxime groups is 1. The Morgan fingerprint density at radius 1 is 1.64 bits per heavy atom. The molecule has 0 aliphatic heterocycles. The highest BCUT2D eigenvalue weighted by Crippen LogP contribution is 1.98. The summed E-state index contributed by atoms with van der Waals surface area (Å²) in [7, 11) is 1.44. The highest BCUT2D eigenvalue weighted by molar-refractivity contribution is 5.78. The van der Waals surface area contributed by atoms with Crippen LogP contribution in [0.15, 0.2) is 23.4 Å². The van der Waals surface area contributed by atoms with E-state index in [1.165, 1.54) is 25.5 Å². The molecule has 0 spiro atoms. The predicted molar refractivity (Wildman–Crippen MR) is 39.8 cm³/mol. The molecule has 2 nitrogen and oxygen atoms in total. The molecule has 0 saturated heterocycles. The molecule has 0 amide bonds. The monoisotopic (exact) mass is 152 g/mol. The third kappa shape index (κ3) is 2.37. The molecule has 0 fully saturated rings. The molecule has 0 bridgehead atoms. The maximum atomic E-state index is 12.3. The lowest BCUT2D eigenvalue weighted by atomic mass is 10.2. The van der Waals surface area contributed by atoms with Crippen LogP contribution in [0.1, 0.15) is 5.56 Å². The fraction of sp³-hybridized carbons (Fsp3) is 0.125. The Morgan fingerprint density at radius 2 is 2.45 bits per heavy atom. The largest absolute Gasteiger partial charge is 0.399 e. The first-order chi connectivity index (χ1) is 5.33. The van der Waals surface area contributed by atoms with E-state index in [0.717, 1.165) is 0 Å². The van der Waals surface area contributed by atoms with Crippen molar-refractivity contribution >= 4 is 6.21 Å². The molecule has 0 heterocycles. The predicted octanol–water partition coefficient (Wildman–Crippen LogP) is 1.61. The lowest BCUT2D eigenvalue weighted by molar-refractivity contribution is 0.215. The maximum absolute atomic E-state index is 12.3. The Hall–Kier alpha value is -1.38. The van der Waals surface area contributed by atoms with Gasteiger partial charge in [0, 0.05) is 5.56 Å². The highest BCUT2D eigenvalue weighted by Gasteiger charge is 1.88. The minimum Gasteiger partial charge on any atom is -0.399 e. The minimum absolute atomic E-state index is 0.306. The number of halogens is 1. The van der Waals surface area contributed by atoms with E-state index in [1.807, 2.05) is 0 Å². The summed E-state index contributed by atoms with van der Waals surface area (Å²) in [6.07, 6.45) is 1.46. The van der Waals surface area contributed by atoms with E-state index in [0.29, 0.717) is 5.56 Å². The summed E-state index contributed by atoms with van der Waals surface area (Å²) < 4.78 is 12.3. The highest BCUT2D eigenvalue weighted by atomic mass is 19.1. The quantitative estimate of drug-likeness (QED) is 0.466. The molecule has 0 unspecified atom stereocenters. The first-order valence-electron chi connectivity index (χ1n) is 3.06. The van der Waals surface area contributed by atoms with Gasteiger partial charge in [-0.25, -0.2) is 4.39 Å². The van der Waals surface area contributed by atoms with Gasteiger partial charge in [0.15, 0.2) is 0 Å². The zero-order valence-electron chi connectivity index (χ0n) is 6.04. The second-order valence-corrected chi connectivity index (χ2v) is 1.88. The van der Waals surface area contributed by atoms with Gasteiger partial charge in [0.1, 0.15) is 12.9 Å². The molecule has 1 rings (SSSR count). The lowest BCUT2D eigenvalue weighted by Gasteiger charge is -1.89. The van der Waals surface area contributed by atoms with Crippen LogP contribution in [0.25, 0.3) is 0 Å². The van der Waals surface area contributed by atoms with Gasteiger partial charge in [0.2, 0.25) is 0 Å². The van der Waals surface area contributed by atoms with Crippen LogP contribution in [-0.4, -0.2) is 13.3 Å². The van der Waals surface area contributed by atoms with E-state index >= 15 is 0 Å². The summed E-state index contributed by atoms with van der Waals surface area (Å²) in [6.45, 7) is 0. The zero-order valence-corrected chi connectivity index (χ0v) is 6.04. The average molecular weight is 152 g/mol. The topological polar surface area (TPSA) is 21.6 Å². The molecule has 1 aromatic rings. The number of hydrogen-bond acceptors (Lipinski definition) is 2. The second-order valence-electron chi connectivity index (χ2n) is 1.88. The van der Waals surface area contributed by atoms with Crippen LogP contribution in [0, 0.1) is 11.9 Å². The van der Waals surface area contributed by atoms with Gasteiger partial charge in [-0.3, -0.25) is 0 Å². The first kappa shape index (κ1) is 7.72. The van der Waals surface area contributed by atoms with Crippen LogP contribution in [0.4, 0.5) is 4.39 Å². The number of hydrogen-bond donors (Lipinski definition) is 0. The summed E-state index contributed by atoms with van der Waals surface area (Å²) in [5.74, 6) is -0.306. The van der Waals surface area contributed by atoms with Crippen LogP contribution in [-0.2, 0) is 4.84 Å². The molecule has 1 aromatic carbocycles. The molecule has 0 atom stereocenters. The molecule has 0 saturated carbocycles. The van der Waals surface area contributed by atoms with Gasteiger partial charge in [0.05, 0.1) is 6.21 Å². The summed E-state index contributed by atoms with van der Waals surface area (Å²) in [5, 5.41) is 3.49. The van der Waals surface area contributed by atoms with E-state index in [1.54, 1.807) is 6.07 Å². The van der Waals surface area contributed by atoms with Crippen molar-refractivity contribution in [3.8, 4) is 0 Å². The van der Waals surface area contributed by atoms with Crippen LogP contribution in [0.3, 0.4) is 0 Å². The Labute approximate surface area is 64.3 Å². The molecular weight excluding hydrogens is 145 g/mol. The van der Waals surface area contributed by atoms with Crippen LogP contribution in [0.2, 0.25) is 0 Å². The van der Waals surface area contributed by atoms with E-state index in [9.17, 15) is 4.39 Å². The molecule has 0 aliphatic rings. The number of rotatable bonds is 2. The molecule has 1 radical (unpaired) electrons. The van der Waals surface area contributed by atoms with Crippen molar-refractivity contribution < 1.29 is 9.23 Å². The number of nitrogens with zero attached hydrogens (tertiary/aromatic N) is 1. The van der Waals surface area contributed by atoms with Crippen molar-refractivity contribution in [2.45, 2.75) is 0 Å². The SMILES string of the molecule is CO/N=C/c1[c]cc(F)cc1. The van der Waals surface area contributed by atoms with Gasteiger partial charge in [-0.2, -0.15) is 0 Å². The smallest absolute Gasteiger partial charge is 0.123 e. The van der Waals surface area contributed by atoms with Crippen molar-refractivity contribution in [2.75, 3.05) is 7.11 Å². The van der Waals surface area contributed by atoms with Crippen LogP contribution >= 0.6 is 0 Å². The Morgan fingerprint density at radius 3 is 3.00 bits per heavy atom. The number of benzene rings is 1. The molecule has 57 valence electrons. The Kier molecular flexibility index (Phi) is 2.60. The second kappa shape index (κ2) is 3.71. The average Bonchev–Trinajstić information content (AvgIpc) is 2.04. The normalized spacial score (nSPS) is 10.4.